The summed E-state index contributed by atoms with van der Waals surface area (Å²) in [6, 6.07) is 63.0. The first-order chi connectivity index (χ1) is 32.0. The van der Waals surface area contributed by atoms with Gasteiger partial charge in [0.1, 0.15) is 11.2 Å². The summed E-state index contributed by atoms with van der Waals surface area (Å²) < 4.78 is 6.64. The van der Waals surface area contributed by atoms with Crippen molar-refractivity contribution in [1.82, 2.24) is 15.0 Å². The summed E-state index contributed by atoms with van der Waals surface area (Å²) in [7, 11) is 0. The van der Waals surface area contributed by atoms with Gasteiger partial charge in [0.2, 0.25) is 5.95 Å². The van der Waals surface area contributed by atoms with Crippen molar-refractivity contribution in [1.29, 1.82) is 0 Å². The van der Waals surface area contributed by atoms with Gasteiger partial charge in [-0.15, -0.1) is 0 Å². The Hall–Kier alpha value is -7.83. The normalized spacial score (nSPS) is 15.7. The minimum Gasteiger partial charge on any atom is -0.455 e. The summed E-state index contributed by atoms with van der Waals surface area (Å²) in [5.74, 6) is 1.80. The minimum absolute atomic E-state index is 0.181. The van der Waals surface area contributed by atoms with E-state index in [4.69, 9.17) is 19.4 Å². The molecule has 0 fully saturated rings. The monoisotopic (exact) mass is 853 g/mol. The molecule has 0 atom stereocenters. The number of benzene rings is 8. The van der Waals surface area contributed by atoms with Gasteiger partial charge < -0.3 is 9.32 Å². The Morgan fingerprint density at radius 1 is 0.379 bits per heavy atom. The quantitative estimate of drug-likeness (QED) is 0.176. The number of hydrogen-bond donors (Lipinski definition) is 0. The summed E-state index contributed by atoms with van der Waals surface area (Å²) in [6.07, 6.45) is 0. The van der Waals surface area contributed by atoms with Gasteiger partial charge in [0.25, 0.3) is 0 Å². The second-order valence-corrected chi connectivity index (χ2v) is 19.7. The van der Waals surface area contributed by atoms with Crippen molar-refractivity contribution in [2.24, 2.45) is 0 Å². The molecule has 8 aromatic carbocycles. The lowest BCUT2D eigenvalue weighted by Crippen LogP contribution is -2.39. The van der Waals surface area contributed by atoms with Crippen molar-refractivity contribution in [3.05, 3.63) is 209 Å². The van der Waals surface area contributed by atoms with Crippen LogP contribution in [0.3, 0.4) is 0 Å². The van der Waals surface area contributed by atoms with Crippen molar-refractivity contribution in [3.8, 4) is 33.9 Å². The highest BCUT2D eigenvalue weighted by Crippen LogP contribution is 2.63. The van der Waals surface area contributed by atoms with Crippen LogP contribution in [-0.4, -0.2) is 15.0 Å². The van der Waals surface area contributed by atoms with Crippen molar-refractivity contribution in [2.45, 2.75) is 57.8 Å². The van der Waals surface area contributed by atoms with Crippen LogP contribution < -0.4 is 9.80 Å². The van der Waals surface area contributed by atoms with Crippen LogP contribution in [0.15, 0.2) is 180 Å². The number of hydrogen-bond acceptors (Lipinski definition) is 6. The molecule has 0 radical (unpaired) electrons. The van der Waals surface area contributed by atoms with E-state index >= 15 is 0 Å². The van der Waals surface area contributed by atoms with Gasteiger partial charge in [0.05, 0.1) is 28.4 Å². The van der Waals surface area contributed by atoms with Gasteiger partial charge in [0.15, 0.2) is 11.6 Å². The Labute approximate surface area is 384 Å². The van der Waals surface area contributed by atoms with Crippen LogP contribution in [0.25, 0.3) is 55.8 Å². The Kier molecular flexibility index (Phi) is 7.96. The fraction of sp³-hybridized carbons (Fsp3) is 0.150. The molecule has 13 rings (SSSR count). The molecule has 0 bridgehead atoms. The van der Waals surface area contributed by atoms with E-state index in [1.54, 1.807) is 0 Å². The van der Waals surface area contributed by atoms with Crippen LogP contribution in [0, 0.1) is 0 Å². The molecule has 6 nitrogen and oxygen atoms in total. The van der Waals surface area contributed by atoms with E-state index in [0.717, 1.165) is 55.6 Å². The van der Waals surface area contributed by atoms with E-state index in [-0.39, 0.29) is 10.8 Å². The molecular formula is C60H47N5O. The zero-order valence-electron chi connectivity index (χ0n) is 37.9. The number of nitrogens with zero attached hydrogens (tertiary/aromatic N) is 5. The molecule has 3 aliphatic heterocycles. The van der Waals surface area contributed by atoms with E-state index in [2.05, 4.69) is 185 Å². The molecule has 0 amide bonds. The van der Waals surface area contributed by atoms with Gasteiger partial charge in [0, 0.05) is 43.7 Å². The summed E-state index contributed by atoms with van der Waals surface area (Å²) >= 11 is 0. The summed E-state index contributed by atoms with van der Waals surface area (Å²) in [5, 5.41) is 2.23. The number of anilines is 6. The zero-order chi connectivity index (χ0) is 44.7. The largest absolute Gasteiger partial charge is 0.455 e. The van der Waals surface area contributed by atoms with E-state index in [1.165, 1.54) is 50.4 Å². The topological polar surface area (TPSA) is 58.3 Å². The molecule has 3 aliphatic rings. The first kappa shape index (κ1) is 38.6. The number of furan rings is 1. The Morgan fingerprint density at radius 3 is 1.59 bits per heavy atom. The van der Waals surface area contributed by atoms with E-state index in [1.807, 2.05) is 42.5 Å². The average Bonchev–Trinajstić information content (AvgIpc) is 3.73. The fourth-order valence-corrected chi connectivity index (χ4v) is 11.4. The molecule has 5 heterocycles. The zero-order valence-corrected chi connectivity index (χ0v) is 37.9. The number of fused-ring (bicyclic) bond motifs is 9. The molecule has 10 aromatic rings. The molecule has 0 saturated heterocycles. The molecule has 2 aromatic heterocycles. The lowest BCUT2D eigenvalue weighted by molar-refractivity contribution is 0.592. The van der Waals surface area contributed by atoms with Gasteiger partial charge in [-0.3, -0.25) is 4.90 Å². The molecule has 0 saturated carbocycles. The van der Waals surface area contributed by atoms with Gasteiger partial charge in [-0.1, -0.05) is 181 Å². The molecule has 66 heavy (non-hydrogen) atoms. The summed E-state index contributed by atoms with van der Waals surface area (Å²) in [4.78, 5) is 20.8. The van der Waals surface area contributed by atoms with Crippen molar-refractivity contribution in [3.63, 3.8) is 0 Å². The molecule has 0 unspecified atom stereocenters. The number of rotatable bonds is 4. The SMILES string of the molecule is CC1(C)c2cc(-c3cccc4c3oc3ccccc34)ccc2N(c2nc(-c3ccccc3)nc(-c3ccccc3)n2)c2cc3c(cc21)N1c2ccccc2C(C)(C)c2cccc(c21)C3(C)C. The van der Waals surface area contributed by atoms with E-state index in [9.17, 15) is 0 Å². The van der Waals surface area contributed by atoms with Crippen LogP contribution in [0.4, 0.5) is 34.4 Å². The molecule has 6 heteroatoms. The smallest absolute Gasteiger partial charge is 0.238 e. The third-order valence-electron chi connectivity index (χ3n) is 14.9. The Bertz CT molecular complexity index is 3580. The first-order valence-corrected chi connectivity index (χ1v) is 22.9. The van der Waals surface area contributed by atoms with Crippen LogP contribution in [0.5, 0.6) is 0 Å². The highest BCUT2D eigenvalue weighted by Gasteiger charge is 2.48. The highest BCUT2D eigenvalue weighted by atomic mass is 16.3. The standard InChI is InChI=1S/C60H47N5O/c1-58(2)42-26-14-15-29-48(42)64-50-34-47-51(35-46(50)59(3,4)44-28-18-27-43(58)53(44)64)65(57-62-55(36-19-9-7-10-20-36)61-56(63-57)37-21-11-8-12-22-37)49-32-31-38(33-45(49)60(47,5)6)39-24-17-25-41-40-23-13-16-30-52(40)66-54(39)41/h7-35H,1-6H3. The average molecular weight is 854 g/mol. The maximum Gasteiger partial charge on any atom is 0.238 e. The van der Waals surface area contributed by atoms with Gasteiger partial charge >= 0.3 is 0 Å². The lowest BCUT2D eigenvalue weighted by atomic mass is 9.65. The number of para-hydroxylation sites is 4. The van der Waals surface area contributed by atoms with E-state index < -0.39 is 5.41 Å². The third-order valence-corrected chi connectivity index (χ3v) is 14.9. The highest BCUT2D eigenvalue weighted by molar-refractivity contribution is 6.09. The van der Waals surface area contributed by atoms with Crippen molar-refractivity contribution >= 4 is 56.3 Å². The Balaban J connectivity index is 1.10. The molecule has 0 aliphatic carbocycles. The van der Waals surface area contributed by atoms with Gasteiger partial charge in [-0.25, -0.2) is 4.98 Å². The van der Waals surface area contributed by atoms with Gasteiger partial charge in [-0.2, -0.15) is 9.97 Å². The minimum atomic E-state index is -0.468. The van der Waals surface area contributed by atoms with Crippen LogP contribution >= 0.6 is 0 Å². The third kappa shape index (κ3) is 5.33. The van der Waals surface area contributed by atoms with Gasteiger partial charge in [-0.05, 0) is 75.3 Å². The van der Waals surface area contributed by atoms with Crippen molar-refractivity contribution in [2.75, 3.05) is 9.80 Å². The molecular weight excluding hydrogens is 807 g/mol. The van der Waals surface area contributed by atoms with Crippen LogP contribution in [-0.2, 0) is 16.2 Å². The summed E-state index contributed by atoms with van der Waals surface area (Å²) in [5.41, 5.74) is 18.2. The first-order valence-electron chi connectivity index (χ1n) is 22.9. The molecule has 0 N–H and O–H groups in total. The van der Waals surface area contributed by atoms with Crippen LogP contribution in [0.2, 0.25) is 0 Å². The predicted molar refractivity (Wildman–Crippen MR) is 269 cm³/mol. The second-order valence-electron chi connectivity index (χ2n) is 19.7. The lowest BCUT2D eigenvalue weighted by Gasteiger charge is -2.51. The maximum absolute atomic E-state index is 6.64. The predicted octanol–water partition coefficient (Wildman–Crippen LogP) is 15.6. The molecule has 318 valence electrons. The van der Waals surface area contributed by atoms with E-state index in [0.29, 0.717) is 17.6 Å². The van der Waals surface area contributed by atoms with Crippen molar-refractivity contribution < 1.29 is 4.42 Å². The molecule has 0 spiro atoms. The fourth-order valence-electron chi connectivity index (χ4n) is 11.4. The van der Waals surface area contributed by atoms with Crippen LogP contribution in [0.1, 0.15) is 74.9 Å². The maximum atomic E-state index is 6.64. The second kappa shape index (κ2) is 13.6. The summed E-state index contributed by atoms with van der Waals surface area (Å²) in [6.45, 7) is 14.3. The number of aromatic nitrogens is 3. The Morgan fingerprint density at radius 2 is 0.894 bits per heavy atom.